The first-order valence-electron chi connectivity index (χ1n) is 6.41. The third-order valence-corrected chi connectivity index (χ3v) is 3.65. The molecule has 1 atom stereocenters. The molecule has 0 saturated carbocycles. The molecule has 1 unspecified atom stereocenters. The first kappa shape index (κ1) is 11.3. The second-order valence-electron chi connectivity index (χ2n) is 4.82. The lowest BCUT2D eigenvalue weighted by Crippen LogP contribution is -2.28. The Morgan fingerprint density at radius 3 is 2.67 bits per heavy atom. The van der Waals surface area contributed by atoms with Crippen molar-refractivity contribution in [2.45, 2.75) is 19.4 Å². The molecule has 1 heterocycles. The van der Waals surface area contributed by atoms with Gasteiger partial charge in [0.15, 0.2) is 0 Å². The van der Waals surface area contributed by atoms with Crippen molar-refractivity contribution in [2.75, 3.05) is 6.54 Å². The van der Waals surface area contributed by atoms with Gasteiger partial charge in [0.25, 0.3) is 0 Å². The van der Waals surface area contributed by atoms with Crippen molar-refractivity contribution in [3.63, 3.8) is 0 Å². The predicted molar refractivity (Wildman–Crippen MR) is 73.7 cm³/mol. The van der Waals surface area contributed by atoms with Crippen LogP contribution >= 0.6 is 0 Å². The van der Waals surface area contributed by atoms with E-state index in [-0.39, 0.29) is 6.04 Å². The van der Waals surface area contributed by atoms with Crippen molar-refractivity contribution in [3.8, 4) is 16.9 Å². The van der Waals surface area contributed by atoms with Crippen LogP contribution in [0.25, 0.3) is 11.1 Å². The van der Waals surface area contributed by atoms with Crippen molar-refractivity contribution < 1.29 is 5.11 Å². The average molecular weight is 239 g/mol. The third kappa shape index (κ3) is 1.79. The molecule has 0 bridgehead atoms. The standard InChI is InChI=1S/C16H17NO/c1-11-15-13(9-10-17-11)7-8-14(18)16(15)12-5-3-2-4-6-12/h2-8,11,17-18H,9-10H2,1H3. The zero-order valence-electron chi connectivity index (χ0n) is 10.5. The largest absolute Gasteiger partial charge is 0.507 e. The van der Waals surface area contributed by atoms with E-state index in [9.17, 15) is 5.11 Å². The average Bonchev–Trinajstić information content (AvgIpc) is 2.40. The number of rotatable bonds is 1. The van der Waals surface area contributed by atoms with Crippen LogP contribution in [-0.4, -0.2) is 11.7 Å². The van der Waals surface area contributed by atoms with Crippen molar-refractivity contribution in [1.29, 1.82) is 0 Å². The molecule has 0 spiro atoms. The lowest BCUT2D eigenvalue weighted by atomic mass is 9.87. The lowest BCUT2D eigenvalue weighted by Gasteiger charge is -2.27. The van der Waals surface area contributed by atoms with E-state index in [1.165, 1.54) is 11.1 Å². The van der Waals surface area contributed by atoms with E-state index in [2.05, 4.69) is 30.4 Å². The summed E-state index contributed by atoms with van der Waals surface area (Å²) in [6.45, 7) is 3.16. The van der Waals surface area contributed by atoms with Crippen LogP contribution in [0.4, 0.5) is 0 Å². The Bertz CT molecular complexity index is 563. The predicted octanol–water partition coefficient (Wildman–Crippen LogP) is 3.27. The van der Waals surface area contributed by atoms with Crippen LogP contribution in [0, 0.1) is 0 Å². The fourth-order valence-electron chi connectivity index (χ4n) is 2.80. The van der Waals surface area contributed by atoms with E-state index < -0.39 is 0 Å². The lowest BCUT2D eigenvalue weighted by molar-refractivity contribution is 0.471. The Balaban J connectivity index is 2.25. The Hall–Kier alpha value is -1.80. The van der Waals surface area contributed by atoms with E-state index in [1.807, 2.05) is 24.3 Å². The normalized spacial score (nSPS) is 18.4. The number of benzene rings is 2. The van der Waals surface area contributed by atoms with Gasteiger partial charge >= 0.3 is 0 Å². The van der Waals surface area contributed by atoms with Crippen LogP contribution < -0.4 is 5.32 Å². The van der Waals surface area contributed by atoms with E-state index in [0.717, 1.165) is 24.1 Å². The summed E-state index contributed by atoms with van der Waals surface area (Å²) in [5.41, 5.74) is 4.65. The number of fused-ring (bicyclic) bond motifs is 1. The van der Waals surface area contributed by atoms with Crippen LogP contribution in [0.5, 0.6) is 5.75 Å². The van der Waals surface area contributed by atoms with Crippen molar-refractivity contribution in [2.24, 2.45) is 0 Å². The Kier molecular flexibility index (Phi) is 2.80. The minimum atomic E-state index is 0.288. The third-order valence-electron chi connectivity index (χ3n) is 3.65. The van der Waals surface area contributed by atoms with E-state index in [0.29, 0.717) is 5.75 Å². The van der Waals surface area contributed by atoms with Gasteiger partial charge in [0.1, 0.15) is 5.75 Å². The molecule has 0 saturated heterocycles. The summed E-state index contributed by atoms with van der Waals surface area (Å²) in [5, 5.41) is 13.7. The summed E-state index contributed by atoms with van der Waals surface area (Å²) in [5.74, 6) is 0.371. The van der Waals surface area contributed by atoms with E-state index in [1.54, 1.807) is 0 Å². The molecule has 0 fully saturated rings. The Labute approximate surface area is 107 Å². The summed E-state index contributed by atoms with van der Waals surface area (Å²) >= 11 is 0. The van der Waals surface area contributed by atoms with Gasteiger partial charge in [-0.2, -0.15) is 0 Å². The van der Waals surface area contributed by atoms with Gasteiger partial charge in [0.05, 0.1) is 0 Å². The van der Waals surface area contributed by atoms with Crippen LogP contribution in [0.2, 0.25) is 0 Å². The SMILES string of the molecule is CC1NCCc2ccc(O)c(-c3ccccc3)c21. The molecule has 2 aromatic carbocycles. The number of aromatic hydroxyl groups is 1. The number of phenolic OH excluding ortho intramolecular Hbond substituents is 1. The summed E-state index contributed by atoms with van der Waals surface area (Å²) in [6, 6.07) is 14.3. The molecule has 0 radical (unpaired) electrons. The van der Waals surface area contributed by atoms with Crippen LogP contribution in [0.15, 0.2) is 42.5 Å². The highest BCUT2D eigenvalue weighted by atomic mass is 16.3. The van der Waals surface area contributed by atoms with Crippen molar-refractivity contribution >= 4 is 0 Å². The summed E-state index contributed by atoms with van der Waals surface area (Å²) in [4.78, 5) is 0. The minimum Gasteiger partial charge on any atom is -0.507 e. The topological polar surface area (TPSA) is 32.3 Å². The maximum atomic E-state index is 10.2. The van der Waals surface area contributed by atoms with E-state index in [4.69, 9.17) is 0 Å². The van der Waals surface area contributed by atoms with Gasteiger partial charge in [0.2, 0.25) is 0 Å². The number of hydrogen-bond acceptors (Lipinski definition) is 2. The zero-order valence-corrected chi connectivity index (χ0v) is 10.5. The van der Waals surface area contributed by atoms with Gasteiger partial charge in [-0.1, -0.05) is 36.4 Å². The Morgan fingerprint density at radius 1 is 1.11 bits per heavy atom. The number of phenols is 1. The summed E-state index contributed by atoms with van der Waals surface area (Å²) in [6.07, 6.45) is 1.03. The second kappa shape index (κ2) is 4.46. The highest BCUT2D eigenvalue weighted by molar-refractivity contribution is 5.75. The molecule has 1 aliphatic heterocycles. The second-order valence-corrected chi connectivity index (χ2v) is 4.82. The molecule has 2 aromatic rings. The van der Waals surface area contributed by atoms with Gasteiger partial charge in [-0.3, -0.25) is 0 Å². The smallest absolute Gasteiger partial charge is 0.123 e. The van der Waals surface area contributed by atoms with Gasteiger partial charge in [-0.05, 0) is 42.6 Å². The van der Waals surface area contributed by atoms with Gasteiger partial charge < -0.3 is 10.4 Å². The molecule has 0 amide bonds. The van der Waals surface area contributed by atoms with Crippen molar-refractivity contribution in [3.05, 3.63) is 53.6 Å². The fourth-order valence-corrected chi connectivity index (χ4v) is 2.80. The molecular formula is C16H17NO. The molecular weight excluding hydrogens is 222 g/mol. The monoisotopic (exact) mass is 239 g/mol. The molecule has 2 heteroatoms. The minimum absolute atomic E-state index is 0.288. The molecule has 1 aliphatic rings. The molecule has 3 rings (SSSR count). The maximum absolute atomic E-state index is 10.2. The Morgan fingerprint density at radius 2 is 1.89 bits per heavy atom. The summed E-state index contributed by atoms with van der Waals surface area (Å²) in [7, 11) is 0. The van der Waals surface area contributed by atoms with E-state index >= 15 is 0 Å². The first-order valence-corrected chi connectivity index (χ1v) is 6.41. The summed E-state index contributed by atoms with van der Waals surface area (Å²) < 4.78 is 0. The molecule has 18 heavy (non-hydrogen) atoms. The fraction of sp³-hybridized carbons (Fsp3) is 0.250. The van der Waals surface area contributed by atoms with Gasteiger partial charge in [0, 0.05) is 11.6 Å². The molecule has 0 aliphatic carbocycles. The molecule has 2 N–H and O–H groups in total. The number of hydrogen-bond donors (Lipinski definition) is 2. The maximum Gasteiger partial charge on any atom is 0.123 e. The highest BCUT2D eigenvalue weighted by Crippen LogP contribution is 2.39. The highest BCUT2D eigenvalue weighted by Gasteiger charge is 2.22. The van der Waals surface area contributed by atoms with Crippen molar-refractivity contribution in [1.82, 2.24) is 5.32 Å². The van der Waals surface area contributed by atoms with Crippen LogP contribution in [0.3, 0.4) is 0 Å². The quantitative estimate of drug-likeness (QED) is 0.800. The molecule has 92 valence electrons. The molecule has 0 aromatic heterocycles. The zero-order chi connectivity index (χ0) is 12.5. The first-order chi connectivity index (χ1) is 8.77. The van der Waals surface area contributed by atoms with Gasteiger partial charge in [-0.25, -0.2) is 0 Å². The van der Waals surface area contributed by atoms with Crippen LogP contribution in [0.1, 0.15) is 24.1 Å². The van der Waals surface area contributed by atoms with Crippen LogP contribution in [-0.2, 0) is 6.42 Å². The molecule has 2 nitrogen and oxygen atoms in total. The number of nitrogens with one attached hydrogen (secondary N) is 1. The van der Waals surface area contributed by atoms with Gasteiger partial charge in [-0.15, -0.1) is 0 Å².